The van der Waals surface area contributed by atoms with Crippen LogP contribution in [0.4, 0.5) is 8.78 Å². The number of benzene rings is 1. The van der Waals surface area contributed by atoms with Crippen molar-refractivity contribution in [1.82, 2.24) is 14.9 Å². The summed E-state index contributed by atoms with van der Waals surface area (Å²) in [7, 11) is 0. The first-order chi connectivity index (χ1) is 12.4. The van der Waals surface area contributed by atoms with Gasteiger partial charge in [0.25, 0.3) is 5.91 Å². The molecule has 0 bridgehead atoms. The topological polar surface area (TPSA) is 110 Å². The van der Waals surface area contributed by atoms with Crippen LogP contribution < -0.4 is 11.5 Å². The van der Waals surface area contributed by atoms with Gasteiger partial charge in [-0.3, -0.25) is 9.69 Å². The zero-order chi connectivity index (χ0) is 18.4. The monoisotopic (exact) mass is 363 g/mol. The smallest absolute Gasteiger partial charge is 0.284 e. The maximum Gasteiger partial charge on any atom is 0.284 e. The van der Waals surface area contributed by atoms with Gasteiger partial charge in [-0.2, -0.15) is 0 Å². The number of H-pyrrole nitrogens is 1. The van der Waals surface area contributed by atoms with Gasteiger partial charge in [-0.05, 0) is 24.6 Å². The Morgan fingerprint density at radius 3 is 2.85 bits per heavy atom. The molecule has 4 rings (SSSR count). The van der Waals surface area contributed by atoms with Crippen molar-refractivity contribution < 1.29 is 18.3 Å². The lowest BCUT2D eigenvalue weighted by molar-refractivity contribution is -0.0534. The molecule has 0 radical (unpaired) electrons. The van der Waals surface area contributed by atoms with Crippen molar-refractivity contribution in [2.24, 2.45) is 11.5 Å². The number of nitrogens with two attached hydrogens (primary N) is 2. The minimum atomic E-state index is -0.679. The van der Waals surface area contributed by atoms with E-state index in [-0.39, 0.29) is 17.4 Å². The second-order valence-corrected chi connectivity index (χ2v) is 6.75. The van der Waals surface area contributed by atoms with Gasteiger partial charge in [-0.25, -0.2) is 13.8 Å². The summed E-state index contributed by atoms with van der Waals surface area (Å²) in [5.74, 6) is -1.47. The highest BCUT2D eigenvalue weighted by atomic mass is 19.1. The zero-order valence-electron chi connectivity index (χ0n) is 13.9. The predicted octanol–water partition coefficient (Wildman–Crippen LogP) is 0.960. The maximum absolute atomic E-state index is 14.0. The first kappa shape index (κ1) is 17.1. The number of halogens is 2. The molecule has 1 saturated heterocycles. The molecule has 7 nitrogen and oxygen atoms in total. The lowest BCUT2D eigenvalue weighted by Crippen LogP contribution is -2.47. The highest BCUT2D eigenvalue weighted by Gasteiger charge is 2.37. The molecule has 1 fully saturated rings. The summed E-state index contributed by atoms with van der Waals surface area (Å²) >= 11 is 0. The number of hydrogen-bond acceptors (Lipinski definition) is 5. The van der Waals surface area contributed by atoms with Crippen LogP contribution >= 0.6 is 0 Å². The standard InChI is InChI=1S/C17H19F2N5O2/c18-8-1-2-11(19)10(3-8)15-12(20)4-9(7-26-15)24-5-13-14(6-24)23-17(22-13)16(21)25/h1-3,9,12,15H,4-7,20H2,(H2,21,25)(H,22,23)/t9-,12+,15-/m1/s1. The first-order valence-electron chi connectivity index (χ1n) is 8.36. The average Bonchev–Trinajstić information content (AvgIpc) is 3.16. The molecule has 0 aliphatic carbocycles. The van der Waals surface area contributed by atoms with E-state index >= 15 is 0 Å². The molecule has 0 spiro atoms. The third-order valence-corrected chi connectivity index (χ3v) is 4.99. The number of imidazole rings is 1. The Kier molecular flexibility index (Phi) is 4.22. The predicted molar refractivity (Wildman–Crippen MR) is 87.8 cm³/mol. The van der Waals surface area contributed by atoms with E-state index in [2.05, 4.69) is 14.9 Å². The Balaban J connectivity index is 1.44. The Labute approximate surface area is 148 Å². The third-order valence-electron chi connectivity index (χ3n) is 4.99. The highest BCUT2D eigenvalue weighted by Crippen LogP contribution is 2.33. The number of aromatic nitrogens is 2. The molecule has 2 aliphatic heterocycles. The molecule has 3 heterocycles. The zero-order valence-corrected chi connectivity index (χ0v) is 13.9. The van der Waals surface area contributed by atoms with E-state index in [0.29, 0.717) is 26.1 Å². The molecule has 2 aliphatic rings. The van der Waals surface area contributed by atoms with Gasteiger partial charge in [0.15, 0.2) is 5.82 Å². The first-order valence-corrected chi connectivity index (χ1v) is 8.36. The van der Waals surface area contributed by atoms with Gasteiger partial charge in [-0.15, -0.1) is 0 Å². The summed E-state index contributed by atoms with van der Waals surface area (Å²) in [5.41, 5.74) is 13.2. The molecule has 2 aromatic rings. The van der Waals surface area contributed by atoms with Crippen molar-refractivity contribution in [1.29, 1.82) is 0 Å². The minimum absolute atomic E-state index is 0.0255. The van der Waals surface area contributed by atoms with Gasteiger partial charge in [-0.1, -0.05) is 0 Å². The van der Waals surface area contributed by atoms with Gasteiger partial charge >= 0.3 is 0 Å². The van der Waals surface area contributed by atoms with Crippen LogP contribution in [0.2, 0.25) is 0 Å². The molecule has 9 heteroatoms. The second-order valence-electron chi connectivity index (χ2n) is 6.75. The number of primary amides is 1. The quantitative estimate of drug-likeness (QED) is 0.752. The summed E-state index contributed by atoms with van der Waals surface area (Å²) in [6, 6.07) is 2.86. The Morgan fingerprint density at radius 1 is 1.35 bits per heavy atom. The summed E-state index contributed by atoms with van der Waals surface area (Å²) in [6.45, 7) is 1.48. The SMILES string of the molecule is NC(=O)c1nc2c([nH]1)CN([C@H]1CO[C@H](c3cc(F)ccc3F)[C@@H](N)C1)C2. The number of hydrogen-bond donors (Lipinski definition) is 3. The summed E-state index contributed by atoms with van der Waals surface area (Å²) < 4.78 is 33.2. The molecule has 0 unspecified atom stereocenters. The van der Waals surface area contributed by atoms with E-state index < -0.39 is 29.7 Å². The summed E-state index contributed by atoms with van der Waals surface area (Å²) in [5, 5.41) is 0. The molecule has 3 atom stereocenters. The Morgan fingerprint density at radius 2 is 2.15 bits per heavy atom. The lowest BCUT2D eigenvalue weighted by atomic mass is 9.93. The van der Waals surface area contributed by atoms with Crippen LogP contribution in [0.1, 0.15) is 40.1 Å². The van der Waals surface area contributed by atoms with Crippen LogP contribution in [0.3, 0.4) is 0 Å². The van der Waals surface area contributed by atoms with E-state index in [0.717, 1.165) is 29.6 Å². The Hall–Kier alpha value is -2.36. The molecule has 26 heavy (non-hydrogen) atoms. The fraction of sp³-hybridized carbons (Fsp3) is 0.412. The van der Waals surface area contributed by atoms with Gasteiger partial charge in [0.1, 0.15) is 17.7 Å². The number of nitrogens with zero attached hydrogens (tertiary/aromatic N) is 2. The number of nitrogens with one attached hydrogen (secondary N) is 1. The van der Waals surface area contributed by atoms with Crippen molar-refractivity contribution in [3.63, 3.8) is 0 Å². The van der Waals surface area contributed by atoms with Gasteiger partial charge in [0, 0.05) is 30.7 Å². The number of aromatic amines is 1. The van der Waals surface area contributed by atoms with Crippen LogP contribution in [0.25, 0.3) is 0 Å². The molecular weight excluding hydrogens is 344 g/mol. The van der Waals surface area contributed by atoms with E-state index in [9.17, 15) is 13.6 Å². The number of amides is 1. The number of rotatable bonds is 3. The van der Waals surface area contributed by atoms with Crippen LogP contribution in [-0.4, -0.2) is 39.5 Å². The van der Waals surface area contributed by atoms with E-state index in [4.69, 9.17) is 16.2 Å². The van der Waals surface area contributed by atoms with Crippen molar-refractivity contribution >= 4 is 5.91 Å². The normalized spacial score (nSPS) is 26.0. The average molecular weight is 363 g/mol. The molecule has 138 valence electrons. The van der Waals surface area contributed by atoms with Crippen molar-refractivity contribution in [2.45, 2.75) is 37.7 Å². The van der Waals surface area contributed by atoms with Gasteiger partial charge in [0.2, 0.25) is 0 Å². The second kappa shape index (κ2) is 6.42. The molecule has 0 saturated carbocycles. The summed E-state index contributed by atoms with van der Waals surface area (Å²) in [6.07, 6.45) is -0.102. The number of carbonyl (C=O) groups excluding carboxylic acids is 1. The molecule has 5 N–H and O–H groups in total. The highest BCUT2D eigenvalue weighted by molar-refractivity contribution is 5.89. The minimum Gasteiger partial charge on any atom is -0.370 e. The van der Waals surface area contributed by atoms with Crippen molar-refractivity contribution in [3.8, 4) is 0 Å². The molecule has 1 aromatic carbocycles. The van der Waals surface area contributed by atoms with Crippen LogP contribution in [-0.2, 0) is 17.8 Å². The number of fused-ring (bicyclic) bond motifs is 1. The van der Waals surface area contributed by atoms with Crippen molar-refractivity contribution in [3.05, 3.63) is 52.6 Å². The van der Waals surface area contributed by atoms with Gasteiger partial charge < -0.3 is 21.2 Å². The lowest BCUT2D eigenvalue weighted by Gasteiger charge is -2.38. The van der Waals surface area contributed by atoms with Crippen LogP contribution in [0.15, 0.2) is 18.2 Å². The van der Waals surface area contributed by atoms with Crippen LogP contribution in [0, 0.1) is 11.6 Å². The van der Waals surface area contributed by atoms with Crippen LogP contribution in [0.5, 0.6) is 0 Å². The number of ether oxygens (including phenoxy) is 1. The molecular formula is C17H19F2N5O2. The Bertz CT molecular complexity index is 832. The fourth-order valence-electron chi connectivity index (χ4n) is 3.68. The van der Waals surface area contributed by atoms with E-state index in [1.54, 1.807) is 0 Å². The fourth-order valence-corrected chi connectivity index (χ4v) is 3.68. The van der Waals surface area contributed by atoms with E-state index in [1.165, 1.54) is 0 Å². The molecule has 1 amide bonds. The molecule has 1 aromatic heterocycles. The summed E-state index contributed by atoms with van der Waals surface area (Å²) in [4.78, 5) is 20.4. The van der Waals surface area contributed by atoms with Gasteiger partial charge in [0.05, 0.1) is 18.0 Å². The van der Waals surface area contributed by atoms with Crippen molar-refractivity contribution in [2.75, 3.05) is 6.61 Å². The maximum atomic E-state index is 14.0. The third kappa shape index (κ3) is 2.98. The number of carbonyl (C=O) groups is 1. The largest absolute Gasteiger partial charge is 0.370 e. The van der Waals surface area contributed by atoms with E-state index in [1.807, 2.05) is 0 Å².